The van der Waals surface area contributed by atoms with Crippen molar-refractivity contribution in [3.63, 3.8) is 0 Å². The van der Waals surface area contributed by atoms with E-state index in [0.29, 0.717) is 5.56 Å². The van der Waals surface area contributed by atoms with Crippen LogP contribution in [0.5, 0.6) is 0 Å². The maximum atomic E-state index is 13.1. The summed E-state index contributed by atoms with van der Waals surface area (Å²) in [6.07, 6.45) is 1.26. The SMILES string of the molecule is Cc1ccc(F)cc1S(=O)(=O)NCCn1ncnn1. The number of hydrogen-bond donors (Lipinski definition) is 1. The van der Waals surface area contributed by atoms with E-state index in [1.165, 1.54) is 23.3 Å². The first-order chi connectivity index (χ1) is 8.99. The average Bonchev–Trinajstić information content (AvgIpc) is 2.85. The van der Waals surface area contributed by atoms with Gasteiger partial charge in [0.1, 0.15) is 5.82 Å². The second-order valence-corrected chi connectivity index (χ2v) is 5.57. The second-order valence-electron chi connectivity index (χ2n) is 3.84. The van der Waals surface area contributed by atoms with Crippen molar-refractivity contribution in [3.8, 4) is 0 Å². The van der Waals surface area contributed by atoms with Gasteiger partial charge in [-0.2, -0.15) is 4.80 Å². The van der Waals surface area contributed by atoms with Gasteiger partial charge in [-0.25, -0.2) is 17.5 Å². The van der Waals surface area contributed by atoms with E-state index in [2.05, 4.69) is 20.1 Å². The molecule has 9 heteroatoms. The van der Waals surface area contributed by atoms with Gasteiger partial charge in [-0.15, -0.1) is 10.2 Å². The van der Waals surface area contributed by atoms with Gasteiger partial charge in [-0.05, 0) is 29.8 Å². The molecular formula is C10H12FN5O2S. The van der Waals surface area contributed by atoms with Crippen molar-refractivity contribution in [2.75, 3.05) is 6.54 Å². The molecule has 0 saturated carbocycles. The van der Waals surface area contributed by atoms with Gasteiger partial charge in [0.05, 0.1) is 11.4 Å². The van der Waals surface area contributed by atoms with Crippen molar-refractivity contribution >= 4 is 10.0 Å². The minimum atomic E-state index is -3.75. The summed E-state index contributed by atoms with van der Waals surface area (Å²) in [6, 6.07) is 3.63. The summed E-state index contributed by atoms with van der Waals surface area (Å²) in [4.78, 5) is 1.18. The number of benzene rings is 1. The van der Waals surface area contributed by atoms with E-state index in [4.69, 9.17) is 0 Å². The molecule has 19 heavy (non-hydrogen) atoms. The van der Waals surface area contributed by atoms with Crippen LogP contribution in [0.1, 0.15) is 5.56 Å². The van der Waals surface area contributed by atoms with Crippen LogP contribution in [0.15, 0.2) is 29.4 Å². The molecule has 2 rings (SSSR count). The molecule has 0 radical (unpaired) electrons. The third-order valence-electron chi connectivity index (χ3n) is 2.44. The van der Waals surface area contributed by atoms with Gasteiger partial charge in [-0.1, -0.05) is 6.07 Å². The van der Waals surface area contributed by atoms with Gasteiger partial charge in [0.15, 0.2) is 6.33 Å². The van der Waals surface area contributed by atoms with E-state index < -0.39 is 15.8 Å². The van der Waals surface area contributed by atoms with Crippen LogP contribution in [-0.4, -0.2) is 35.2 Å². The first kappa shape index (κ1) is 13.6. The van der Waals surface area contributed by atoms with Gasteiger partial charge >= 0.3 is 0 Å². The number of hydrogen-bond acceptors (Lipinski definition) is 5. The standard InChI is InChI=1S/C10H12FN5O2S/c1-8-2-3-9(11)6-10(8)19(17,18)14-4-5-16-13-7-12-15-16/h2-3,6-7,14H,4-5H2,1H3. The number of aryl methyl sites for hydroxylation is 1. The van der Waals surface area contributed by atoms with Crippen LogP contribution in [0.25, 0.3) is 0 Å². The Morgan fingerprint density at radius 2 is 2.21 bits per heavy atom. The fraction of sp³-hybridized carbons (Fsp3) is 0.300. The summed E-state index contributed by atoms with van der Waals surface area (Å²) in [7, 11) is -3.75. The highest BCUT2D eigenvalue weighted by Crippen LogP contribution is 2.15. The molecule has 0 aliphatic rings. The number of rotatable bonds is 5. The third-order valence-corrected chi connectivity index (χ3v) is 4.04. The molecule has 0 atom stereocenters. The largest absolute Gasteiger partial charge is 0.240 e. The molecule has 0 saturated heterocycles. The average molecular weight is 285 g/mol. The molecule has 1 aromatic heterocycles. The Kier molecular flexibility index (Phi) is 3.86. The summed E-state index contributed by atoms with van der Waals surface area (Å²) < 4.78 is 39.4. The van der Waals surface area contributed by atoms with Crippen molar-refractivity contribution in [1.29, 1.82) is 0 Å². The zero-order valence-corrected chi connectivity index (χ0v) is 10.9. The zero-order chi connectivity index (χ0) is 13.9. The normalized spacial score (nSPS) is 11.7. The van der Waals surface area contributed by atoms with E-state index in [0.717, 1.165) is 6.07 Å². The molecule has 0 amide bonds. The highest BCUT2D eigenvalue weighted by atomic mass is 32.2. The Bertz CT molecular complexity index is 657. The molecule has 1 N–H and O–H groups in total. The lowest BCUT2D eigenvalue weighted by Gasteiger charge is -2.08. The Labute approximate surface area is 109 Å². The summed E-state index contributed by atoms with van der Waals surface area (Å²) in [5.41, 5.74) is 0.479. The predicted octanol–water partition coefficient (Wildman–Crippen LogP) is 0.0991. The van der Waals surface area contributed by atoms with Gasteiger partial charge in [0.2, 0.25) is 10.0 Å². The van der Waals surface area contributed by atoms with Gasteiger partial charge in [0.25, 0.3) is 0 Å². The first-order valence-electron chi connectivity index (χ1n) is 5.45. The molecule has 0 aliphatic heterocycles. The van der Waals surface area contributed by atoms with E-state index in [9.17, 15) is 12.8 Å². The molecule has 0 fully saturated rings. The lowest BCUT2D eigenvalue weighted by atomic mass is 10.2. The molecule has 0 unspecified atom stereocenters. The number of sulfonamides is 1. The molecular weight excluding hydrogens is 273 g/mol. The van der Waals surface area contributed by atoms with Crippen molar-refractivity contribution < 1.29 is 12.8 Å². The van der Waals surface area contributed by atoms with Crippen LogP contribution >= 0.6 is 0 Å². The Morgan fingerprint density at radius 1 is 1.42 bits per heavy atom. The van der Waals surface area contributed by atoms with Crippen LogP contribution in [0.2, 0.25) is 0 Å². The number of halogens is 1. The Morgan fingerprint density at radius 3 is 2.89 bits per heavy atom. The number of nitrogens with one attached hydrogen (secondary N) is 1. The van der Waals surface area contributed by atoms with E-state index in [1.807, 2.05) is 0 Å². The van der Waals surface area contributed by atoms with E-state index >= 15 is 0 Å². The van der Waals surface area contributed by atoms with Gasteiger partial charge < -0.3 is 0 Å². The quantitative estimate of drug-likeness (QED) is 0.841. The highest BCUT2D eigenvalue weighted by Gasteiger charge is 2.17. The lowest BCUT2D eigenvalue weighted by Crippen LogP contribution is -2.28. The Hall–Kier alpha value is -1.87. The van der Waals surface area contributed by atoms with Crippen LogP contribution in [-0.2, 0) is 16.6 Å². The first-order valence-corrected chi connectivity index (χ1v) is 6.94. The fourth-order valence-corrected chi connectivity index (χ4v) is 2.79. The number of aromatic nitrogens is 4. The van der Waals surface area contributed by atoms with Gasteiger partial charge in [0, 0.05) is 6.54 Å². The highest BCUT2D eigenvalue weighted by molar-refractivity contribution is 7.89. The molecule has 7 nitrogen and oxygen atoms in total. The smallest absolute Gasteiger partial charge is 0.209 e. The molecule has 1 heterocycles. The maximum absolute atomic E-state index is 13.1. The van der Waals surface area contributed by atoms with Crippen LogP contribution < -0.4 is 4.72 Å². The minimum Gasteiger partial charge on any atom is -0.209 e. The molecule has 102 valence electrons. The van der Waals surface area contributed by atoms with Crippen molar-refractivity contribution in [2.24, 2.45) is 0 Å². The monoisotopic (exact) mass is 285 g/mol. The summed E-state index contributed by atoms with van der Waals surface area (Å²) >= 11 is 0. The predicted molar refractivity (Wildman–Crippen MR) is 64.1 cm³/mol. The number of tetrazole rings is 1. The molecule has 2 aromatic rings. The maximum Gasteiger partial charge on any atom is 0.240 e. The fourth-order valence-electron chi connectivity index (χ4n) is 1.51. The van der Waals surface area contributed by atoms with Crippen molar-refractivity contribution in [3.05, 3.63) is 35.9 Å². The summed E-state index contributed by atoms with van der Waals surface area (Å²) in [5.74, 6) is -0.594. The van der Waals surface area contributed by atoms with Crippen molar-refractivity contribution in [2.45, 2.75) is 18.4 Å². The molecule has 1 aromatic carbocycles. The summed E-state index contributed by atoms with van der Waals surface area (Å²) in [5, 5.41) is 10.8. The van der Waals surface area contributed by atoms with Crippen LogP contribution in [0.4, 0.5) is 4.39 Å². The zero-order valence-electron chi connectivity index (χ0n) is 10.1. The van der Waals surface area contributed by atoms with E-state index in [-0.39, 0.29) is 18.0 Å². The molecule has 0 spiro atoms. The minimum absolute atomic E-state index is 0.0703. The summed E-state index contributed by atoms with van der Waals surface area (Å²) in [6.45, 7) is 1.94. The van der Waals surface area contributed by atoms with Crippen molar-refractivity contribution in [1.82, 2.24) is 24.9 Å². The number of nitrogens with zero attached hydrogens (tertiary/aromatic N) is 4. The molecule has 0 aliphatic carbocycles. The van der Waals surface area contributed by atoms with E-state index in [1.54, 1.807) is 6.92 Å². The second kappa shape index (κ2) is 5.41. The van der Waals surface area contributed by atoms with Crippen LogP contribution in [0.3, 0.4) is 0 Å². The third kappa shape index (κ3) is 3.32. The topological polar surface area (TPSA) is 89.8 Å². The lowest BCUT2D eigenvalue weighted by molar-refractivity contribution is 0.510. The van der Waals surface area contributed by atoms with Gasteiger partial charge in [-0.3, -0.25) is 0 Å². The molecule has 0 bridgehead atoms. The Balaban J connectivity index is 2.07. The van der Waals surface area contributed by atoms with Crippen LogP contribution in [0, 0.1) is 12.7 Å².